The Labute approximate surface area is 176 Å². The van der Waals surface area contributed by atoms with Gasteiger partial charge in [0.1, 0.15) is 6.10 Å². The number of cyclic esters (lactones) is 1. The number of nitrogens with one attached hydrogen (secondary N) is 1. The second kappa shape index (κ2) is 9.14. The van der Waals surface area contributed by atoms with Crippen LogP contribution in [0.2, 0.25) is 0 Å². The molecular weight excluding hydrogens is 386 g/mol. The lowest BCUT2D eigenvalue weighted by molar-refractivity contribution is -0.153. The highest BCUT2D eigenvalue weighted by Crippen LogP contribution is 2.43. The van der Waals surface area contributed by atoms with Crippen LogP contribution in [0.5, 0.6) is 0 Å². The van der Waals surface area contributed by atoms with Crippen LogP contribution in [-0.2, 0) is 19.1 Å². The number of hydrogen-bond acceptors (Lipinski definition) is 6. The van der Waals surface area contributed by atoms with Crippen LogP contribution < -0.4 is 5.32 Å². The van der Waals surface area contributed by atoms with Gasteiger partial charge in [-0.2, -0.15) is 0 Å². The van der Waals surface area contributed by atoms with Crippen LogP contribution in [0.4, 0.5) is 0 Å². The summed E-state index contributed by atoms with van der Waals surface area (Å²) < 4.78 is 11.1. The Bertz CT molecular complexity index is 770. The molecular formula is C22H29N3O5. The number of nitrogens with zero attached hydrogens (tertiary/aromatic N) is 2. The molecule has 0 aromatic heterocycles. The van der Waals surface area contributed by atoms with Gasteiger partial charge in [-0.15, -0.1) is 0 Å². The van der Waals surface area contributed by atoms with Gasteiger partial charge in [0.25, 0.3) is 5.91 Å². The van der Waals surface area contributed by atoms with Crippen LogP contribution in [0.25, 0.3) is 0 Å². The van der Waals surface area contributed by atoms with Crippen LogP contribution in [0.1, 0.15) is 29.6 Å². The molecule has 2 amide bonds. The monoisotopic (exact) mass is 415 g/mol. The average Bonchev–Trinajstić information content (AvgIpc) is 3.07. The molecule has 3 aliphatic heterocycles. The van der Waals surface area contributed by atoms with Crippen LogP contribution in [-0.4, -0.2) is 86.2 Å². The van der Waals surface area contributed by atoms with Crippen molar-refractivity contribution < 1.29 is 23.9 Å². The molecule has 30 heavy (non-hydrogen) atoms. The topological polar surface area (TPSA) is 88.2 Å². The number of morpholine rings is 1. The van der Waals surface area contributed by atoms with Crippen molar-refractivity contribution in [1.82, 2.24) is 15.1 Å². The maximum atomic E-state index is 12.6. The molecule has 8 heteroatoms. The molecule has 3 saturated heterocycles. The lowest BCUT2D eigenvalue weighted by Crippen LogP contribution is -2.48. The molecule has 0 saturated carbocycles. The number of likely N-dealkylation sites (tertiary alicyclic amines) is 1. The first-order chi connectivity index (χ1) is 14.6. The van der Waals surface area contributed by atoms with E-state index in [9.17, 15) is 14.4 Å². The Morgan fingerprint density at radius 1 is 1.07 bits per heavy atom. The van der Waals surface area contributed by atoms with Crippen LogP contribution >= 0.6 is 0 Å². The smallest absolute Gasteiger partial charge is 0.312 e. The third-order valence-electron chi connectivity index (χ3n) is 6.40. The van der Waals surface area contributed by atoms with Crippen molar-refractivity contribution in [2.45, 2.75) is 25.4 Å². The molecule has 162 valence electrons. The summed E-state index contributed by atoms with van der Waals surface area (Å²) in [6.45, 7) is 4.94. The quantitative estimate of drug-likeness (QED) is 0.712. The fourth-order valence-electron chi connectivity index (χ4n) is 4.56. The zero-order valence-corrected chi connectivity index (χ0v) is 17.2. The molecule has 1 aromatic rings. The van der Waals surface area contributed by atoms with Crippen LogP contribution in [0, 0.1) is 5.41 Å². The van der Waals surface area contributed by atoms with Crippen molar-refractivity contribution >= 4 is 17.8 Å². The van der Waals surface area contributed by atoms with E-state index in [0.29, 0.717) is 31.5 Å². The number of rotatable bonds is 5. The second-order valence-electron chi connectivity index (χ2n) is 8.35. The number of carbonyl (C=O) groups excluding carboxylic acids is 3. The minimum absolute atomic E-state index is 0.0369. The van der Waals surface area contributed by atoms with Crippen molar-refractivity contribution in [3.63, 3.8) is 0 Å². The van der Waals surface area contributed by atoms with Crippen molar-refractivity contribution in [3.8, 4) is 0 Å². The number of benzene rings is 1. The molecule has 1 unspecified atom stereocenters. The summed E-state index contributed by atoms with van der Waals surface area (Å²) in [6.07, 6.45) is 1.87. The number of hydrogen-bond donors (Lipinski definition) is 1. The average molecular weight is 415 g/mol. The molecule has 1 aromatic carbocycles. The van der Waals surface area contributed by atoms with E-state index in [1.54, 1.807) is 29.2 Å². The summed E-state index contributed by atoms with van der Waals surface area (Å²) in [7, 11) is 0. The van der Waals surface area contributed by atoms with Gasteiger partial charge in [-0.25, -0.2) is 0 Å². The molecule has 8 nitrogen and oxygen atoms in total. The van der Waals surface area contributed by atoms with Gasteiger partial charge in [0.05, 0.1) is 25.2 Å². The standard InChI is InChI=1S/C22H29N3O5/c26-19(15-23-20(27)17-4-2-1-3-5-17)25-8-6-22(7-9-25)14-18(30-21(22)28)16-24-10-12-29-13-11-24/h1-5,18H,6-16H2,(H,23,27). The fraction of sp³-hybridized carbons (Fsp3) is 0.591. The Morgan fingerprint density at radius 2 is 1.77 bits per heavy atom. The van der Waals surface area contributed by atoms with Crippen molar-refractivity contribution in [1.29, 1.82) is 0 Å². The maximum absolute atomic E-state index is 12.6. The van der Waals surface area contributed by atoms with Gasteiger partial charge >= 0.3 is 5.97 Å². The normalized spacial score (nSPS) is 23.9. The minimum atomic E-state index is -0.471. The highest BCUT2D eigenvalue weighted by molar-refractivity contribution is 5.96. The van der Waals surface area contributed by atoms with Crippen molar-refractivity contribution in [2.75, 3.05) is 52.5 Å². The number of esters is 1. The molecule has 1 spiro atoms. The number of ether oxygens (including phenoxy) is 2. The largest absolute Gasteiger partial charge is 0.461 e. The van der Waals surface area contributed by atoms with Crippen molar-refractivity contribution in [2.24, 2.45) is 5.41 Å². The number of piperidine rings is 1. The maximum Gasteiger partial charge on any atom is 0.312 e. The van der Waals surface area contributed by atoms with Gasteiger partial charge in [-0.05, 0) is 25.0 Å². The first kappa shape index (κ1) is 20.8. The molecule has 3 fully saturated rings. The molecule has 3 aliphatic rings. The van der Waals surface area contributed by atoms with Crippen LogP contribution in [0.15, 0.2) is 30.3 Å². The third-order valence-corrected chi connectivity index (χ3v) is 6.40. The molecule has 0 bridgehead atoms. The molecule has 3 heterocycles. The van der Waals surface area contributed by atoms with Gasteiger partial charge in [0.15, 0.2) is 0 Å². The first-order valence-corrected chi connectivity index (χ1v) is 10.7. The van der Waals surface area contributed by atoms with Gasteiger partial charge in [-0.1, -0.05) is 18.2 Å². The predicted molar refractivity (Wildman–Crippen MR) is 109 cm³/mol. The van der Waals surface area contributed by atoms with E-state index in [1.807, 2.05) is 6.07 Å². The summed E-state index contributed by atoms with van der Waals surface area (Å²) in [5.41, 5.74) is 0.0593. The zero-order valence-electron chi connectivity index (χ0n) is 17.2. The number of carbonyl (C=O) groups is 3. The molecule has 1 atom stereocenters. The van der Waals surface area contributed by atoms with Crippen molar-refractivity contribution in [3.05, 3.63) is 35.9 Å². The van der Waals surface area contributed by atoms with E-state index in [2.05, 4.69) is 10.2 Å². The number of amides is 2. The second-order valence-corrected chi connectivity index (χ2v) is 8.35. The molecule has 0 aliphatic carbocycles. The SMILES string of the molecule is O=C(NCC(=O)N1CCC2(CC1)CC(CN1CCOCC1)OC2=O)c1ccccc1. The predicted octanol–water partition coefficient (Wildman–Crippen LogP) is 0.673. The van der Waals surface area contributed by atoms with Gasteiger partial charge < -0.3 is 19.7 Å². The highest BCUT2D eigenvalue weighted by atomic mass is 16.6. The van der Waals surface area contributed by atoms with Gasteiger partial charge in [-0.3, -0.25) is 19.3 Å². The Kier molecular flexibility index (Phi) is 6.34. The van der Waals surface area contributed by atoms with E-state index in [1.165, 1.54) is 0 Å². The lowest BCUT2D eigenvalue weighted by atomic mass is 9.76. The highest BCUT2D eigenvalue weighted by Gasteiger charge is 2.51. The summed E-state index contributed by atoms with van der Waals surface area (Å²) in [6, 6.07) is 8.83. The van der Waals surface area contributed by atoms with E-state index < -0.39 is 5.41 Å². The molecule has 0 radical (unpaired) electrons. The molecule has 4 rings (SSSR count). The Morgan fingerprint density at radius 3 is 2.47 bits per heavy atom. The molecule has 1 N–H and O–H groups in total. The summed E-state index contributed by atoms with van der Waals surface area (Å²) >= 11 is 0. The third kappa shape index (κ3) is 4.65. The van der Waals surface area contributed by atoms with Crippen LogP contribution in [0.3, 0.4) is 0 Å². The van der Waals surface area contributed by atoms with E-state index in [-0.39, 0.29) is 30.4 Å². The fourth-order valence-corrected chi connectivity index (χ4v) is 4.56. The first-order valence-electron chi connectivity index (χ1n) is 10.7. The summed E-state index contributed by atoms with van der Waals surface area (Å²) in [4.78, 5) is 41.3. The Balaban J connectivity index is 1.24. The van der Waals surface area contributed by atoms with Gasteiger partial charge in [0, 0.05) is 44.7 Å². The van der Waals surface area contributed by atoms with E-state index in [0.717, 1.165) is 39.3 Å². The van der Waals surface area contributed by atoms with E-state index in [4.69, 9.17) is 9.47 Å². The Hall–Kier alpha value is -2.45. The summed E-state index contributed by atoms with van der Waals surface area (Å²) in [5, 5.41) is 2.68. The lowest BCUT2D eigenvalue weighted by Gasteiger charge is -2.36. The zero-order chi connectivity index (χ0) is 21.0. The van der Waals surface area contributed by atoms with E-state index >= 15 is 0 Å². The summed E-state index contributed by atoms with van der Waals surface area (Å²) in [5.74, 6) is -0.502. The minimum Gasteiger partial charge on any atom is -0.461 e. The van der Waals surface area contributed by atoms with Gasteiger partial charge in [0.2, 0.25) is 5.91 Å².